The molecule has 0 heterocycles. The summed E-state index contributed by atoms with van der Waals surface area (Å²) in [7, 11) is 0. The van der Waals surface area contributed by atoms with Crippen molar-refractivity contribution in [2.45, 2.75) is 6.10 Å². The molecule has 0 radical (unpaired) electrons. The van der Waals surface area contributed by atoms with Crippen molar-refractivity contribution in [1.29, 1.82) is 5.26 Å². The second kappa shape index (κ2) is 5.31. The first-order valence-corrected chi connectivity index (χ1v) is 4.02. The Hall–Kier alpha value is -1.37. The number of hydrogen-bond acceptors (Lipinski definition) is 3. The highest BCUT2D eigenvalue weighted by molar-refractivity contribution is 5.17. The maximum atomic E-state index is 9.61. The number of benzene rings is 1. The zero-order valence-electron chi connectivity index (χ0n) is 8.14. The molecule has 0 spiro atoms. The number of rotatable bonds is 4. The lowest BCUT2D eigenvalue weighted by molar-refractivity contribution is 0.176. The maximum Gasteiger partial charge on any atom is 0.0914 e. The first-order chi connectivity index (χ1) is 6.74. The van der Waals surface area contributed by atoms with Gasteiger partial charge in [0.25, 0.3) is 0 Å². The van der Waals surface area contributed by atoms with Crippen molar-refractivity contribution in [2.75, 3.05) is 13.1 Å². The van der Waals surface area contributed by atoms with Crippen LogP contribution in [0.15, 0.2) is 30.3 Å². The van der Waals surface area contributed by atoms with Gasteiger partial charge in [0.1, 0.15) is 0 Å². The highest BCUT2D eigenvalue weighted by Gasteiger charge is 2.04. The van der Waals surface area contributed by atoms with E-state index in [2.05, 4.69) is 5.32 Å². The summed E-state index contributed by atoms with van der Waals surface area (Å²) in [5.41, 5.74) is 0.783. The molecular weight excluding hydrogens is 164 g/mol. The highest BCUT2D eigenvalue weighted by atomic mass is 16.3. The van der Waals surface area contributed by atoms with Gasteiger partial charge < -0.3 is 10.4 Å². The van der Waals surface area contributed by atoms with Gasteiger partial charge in [-0.2, -0.15) is 5.26 Å². The van der Waals surface area contributed by atoms with Crippen molar-refractivity contribution in [3.05, 3.63) is 35.9 Å². The van der Waals surface area contributed by atoms with E-state index >= 15 is 0 Å². The van der Waals surface area contributed by atoms with Crippen LogP contribution in [0.5, 0.6) is 0 Å². The van der Waals surface area contributed by atoms with E-state index in [0.717, 1.165) is 5.56 Å². The fraction of sp³-hybridized carbons (Fsp3) is 0.300. The van der Waals surface area contributed by atoms with Crippen LogP contribution in [0.2, 0.25) is 0 Å². The Morgan fingerprint density at radius 2 is 2.23 bits per heavy atom. The molecule has 0 aromatic heterocycles. The number of aliphatic hydroxyl groups is 1. The van der Waals surface area contributed by atoms with Crippen molar-refractivity contribution in [3.8, 4) is 6.07 Å². The minimum Gasteiger partial charge on any atom is -0.387 e. The quantitative estimate of drug-likeness (QED) is 0.670. The normalized spacial score (nSPS) is 15.5. The van der Waals surface area contributed by atoms with Crippen LogP contribution in [0.1, 0.15) is 13.0 Å². The van der Waals surface area contributed by atoms with Gasteiger partial charge in [0.15, 0.2) is 0 Å². The lowest BCUT2D eigenvalue weighted by Crippen LogP contribution is -2.21. The topological polar surface area (TPSA) is 56.0 Å². The molecule has 0 aliphatic carbocycles. The predicted molar refractivity (Wildman–Crippen MR) is 49.9 cm³/mol. The van der Waals surface area contributed by atoms with Crippen molar-refractivity contribution in [2.24, 2.45) is 0 Å². The van der Waals surface area contributed by atoms with Crippen LogP contribution in [0.25, 0.3) is 0 Å². The minimum absolute atomic E-state index is 0.214. The van der Waals surface area contributed by atoms with E-state index in [0.29, 0.717) is 0 Å². The van der Waals surface area contributed by atoms with Gasteiger partial charge >= 0.3 is 0 Å². The number of nitrogens with one attached hydrogen (secondary N) is 1. The summed E-state index contributed by atoms with van der Waals surface area (Å²) in [4.78, 5) is 0. The van der Waals surface area contributed by atoms with Crippen molar-refractivity contribution in [1.82, 2.24) is 5.32 Å². The first-order valence-electron chi connectivity index (χ1n) is 4.60. The lowest BCUT2D eigenvalue weighted by Gasteiger charge is -2.09. The number of nitrogens with zero attached hydrogens (tertiary/aromatic N) is 1. The van der Waals surface area contributed by atoms with Crippen LogP contribution in [-0.4, -0.2) is 18.2 Å². The third-order valence-corrected chi connectivity index (χ3v) is 1.66. The van der Waals surface area contributed by atoms with Crippen molar-refractivity contribution < 1.29 is 6.48 Å². The van der Waals surface area contributed by atoms with Crippen molar-refractivity contribution in [3.63, 3.8) is 0 Å². The third-order valence-electron chi connectivity index (χ3n) is 1.66. The van der Waals surface area contributed by atoms with E-state index in [1.54, 1.807) is 18.2 Å². The van der Waals surface area contributed by atoms with E-state index in [1.807, 2.05) is 18.2 Å². The number of aliphatic hydroxyl groups excluding tert-OH is 1. The van der Waals surface area contributed by atoms with E-state index < -0.39 is 12.6 Å². The Labute approximate surface area is 79.0 Å². The summed E-state index contributed by atoms with van der Waals surface area (Å²) in [6.07, 6.45) is -0.669. The lowest BCUT2D eigenvalue weighted by atomic mass is 10.1. The fourth-order valence-corrected chi connectivity index (χ4v) is 1.01. The molecule has 0 saturated carbocycles. The van der Waals surface area contributed by atoms with Gasteiger partial charge in [-0.05, 0) is 5.56 Å². The molecule has 1 aromatic carbocycles. The molecule has 2 atom stereocenters. The van der Waals surface area contributed by atoms with Gasteiger partial charge in [0.05, 0.1) is 20.1 Å². The number of nitriles is 1. The van der Waals surface area contributed by atoms with E-state index in [9.17, 15) is 5.11 Å². The van der Waals surface area contributed by atoms with Crippen molar-refractivity contribution >= 4 is 0 Å². The Morgan fingerprint density at radius 3 is 2.85 bits per heavy atom. The Morgan fingerprint density at radius 1 is 1.54 bits per heavy atom. The van der Waals surface area contributed by atoms with Gasteiger partial charge in [-0.3, -0.25) is 0 Å². The maximum absolute atomic E-state index is 9.61. The van der Waals surface area contributed by atoms with Crippen LogP contribution < -0.4 is 5.32 Å². The zero-order chi connectivity index (χ0) is 10.4. The van der Waals surface area contributed by atoms with Crippen LogP contribution in [0.3, 0.4) is 0 Å². The van der Waals surface area contributed by atoms with Gasteiger partial charge in [-0.25, -0.2) is 0 Å². The second-order valence-corrected chi connectivity index (χ2v) is 2.61. The first kappa shape index (κ1) is 8.24. The van der Waals surface area contributed by atoms with Crippen LogP contribution in [-0.2, 0) is 0 Å². The molecule has 0 bridgehead atoms. The molecule has 0 amide bonds. The molecule has 13 heavy (non-hydrogen) atoms. The van der Waals surface area contributed by atoms with Crippen LogP contribution in [0, 0.1) is 11.3 Å². The Bertz CT molecular complexity index is 310. The van der Waals surface area contributed by atoms with E-state index in [-0.39, 0.29) is 6.54 Å². The summed E-state index contributed by atoms with van der Waals surface area (Å²) in [6.45, 7) is -0.764. The molecular formula is C10H12N2O. The molecule has 3 heteroatoms. The smallest absolute Gasteiger partial charge is 0.0914 e. The Balaban J connectivity index is 2.44. The molecule has 0 aliphatic rings. The van der Waals surface area contributed by atoms with Gasteiger partial charge in [0, 0.05) is 6.54 Å². The average Bonchev–Trinajstić information content (AvgIpc) is 2.26. The summed E-state index contributed by atoms with van der Waals surface area (Å²) in [5, 5.41) is 20.5. The van der Waals surface area contributed by atoms with Crippen LogP contribution in [0.4, 0.5) is 0 Å². The summed E-state index contributed by atoms with van der Waals surface area (Å²) < 4.78 is 7.09. The summed E-state index contributed by atoms with van der Waals surface area (Å²) in [5.74, 6) is 0. The zero-order valence-corrected chi connectivity index (χ0v) is 7.14. The molecule has 3 nitrogen and oxygen atoms in total. The number of hydrogen-bond donors (Lipinski definition) is 2. The Kier molecular flexibility index (Phi) is 3.36. The van der Waals surface area contributed by atoms with Gasteiger partial charge in [-0.15, -0.1) is 0 Å². The van der Waals surface area contributed by atoms with Gasteiger partial charge in [-0.1, -0.05) is 30.3 Å². The predicted octanol–water partition coefficient (Wildman–Crippen LogP) is 0.833. The summed E-state index contributed by atoms with van der Waals surface area (Å²) >= 11 is 0. The van der Waals surface area contributed by atoms with E-state index in [4.69, 9.17) is 6.63 Å². The molecule has 1 aromatic rings. The van der Waals surface area contributed by atoms with E-state index in [1.165, 1.54) is 0 Å². The fourth-order valence-electron chi connectivity index (χ4n) is 1.01. The standard InChI is InChI=1S/C10H12N2O/c11-6-7-12-8-10(13)9-4-2-1-3-5-9/h1-5,10,12-13H,7-8H2/i7D. The summed E-state index contributed by atoms with van der Waals surface area (Å²) in [6, 6.07) is 10.9. The molecule has 0 fully saturated rings. The molecule has 0 aliphatic heterocycles. The monoisotopic (exact) mass is 177 g/mol. The molecule has 0 saturated heterocycles. The largest absolute Gasteiger partial charge is 0.387 e. The average molecular weight is 177 g/mol. The van der Waals surface area contributed by atoms with Gasteiger partial charge in [0.2, 0.25) is 0 Å². The van der Waals surface area contributed by atoms with Crippen LogP contribution >= 0.6 is 0 Å². The molecule has 2 N–H and O–H groups in total. The second-order valence-electron chi connectivity index (χ2n) is 2.61. The SMILES string of the molecule is [2H]C(C#N)NCC(O)c1ccccc1. The molecule has 1 rings (SSSR count). The molecule has 2 unspecified atom stereocenters. The molecule has 68 valence electrons. The minimum atomic E-state index is -0.978. The third kappa shape index (κ3) is 3.24. The highest BCUT2D eigenvalue weighted by Crippen LogP contribution is 2.09.